The van der Waals surface area contributed by atoms with Gasteiger partial charge in [0.25, 0.3) is 0 Å². The van der Waals surface area contributed by atoms with Crippen LogP contribution in [0.15, 0.2) is 18.2 Å². The van der Waals surface area contributed by atoms with Crippen molar-refractivity contribution < 1.29 is 9.84 Å². The van der Waals surface area contributed by atoms with Crippen LogP contribution in [0.2, 0.25) is 0 Å². The first-order valence-electron chi connectivity index (χ1n) is 6.14. The molecule has 0 aliphatic rings. The van der Waals surface area contributed by atoms with Crippen LogP contribution in [0.5, 0.6) is 11.5 Å². The number of ether oxygens (including phenoxy) is 1. The van der Waals surface area contributed by atoms with E-state index in [4.69, 9.17) is 10.5 Å². The number of aromatic hydroxyl groups is 1. The lowest BCUT2D eigenvalue weighted by Crippen LogP contribution is -1.97. The maximum absolute atomic E-state index is 10.2. The highest BCUT2D eigenvalue weighted by Crippen LogP contribution is 2.39. The van der Waals surface area contributed by atoms with Gasteiger partial charge >= 0.3 is 0 Å². The average molecular weight is 261 g/mol. The van der Waals surface area contributed by atoms with Gasteiger partial charge in [0.05, 0.1) is 12.8 Å². The van der Waals surface area contributed by atoms with Crippen LogP contribution in [0.1, 0.15) is 25.3 Å². The van der Waals surface area contributed by atoms with Crippen LogP contribution in [0, 0.1) is 0 Å². The lowest BCUT2D eigenvalue weighted by Gasteiger charge is -2.13. The molecule has 1 heterocycles. The van der Waals surface area contributed by atoms with Crippen molar-refractivity contribution in [1.29, 1.82) is 0 Å². The molecule has 0 saturated heterocycles. The molecule has 1 aromatic carbocycles. The monoisotopic (exact) mass is 261 g/mol. The Bertz CT molecular complexity index is 583. The van der Waals surface area contributed by atoms with Crippen molar-refractivity contribution in [2.45, 2.75) is 19.8 Å². The number of hydrogen-bond donors (Lipinski definition) is 2. The van der Waals surface area contributed by atoms with Crippen LogP contribution in [-0.4, -0.2) is 22.0 Å². The molecule has 1 aromatic heterocycles. The first kappa shape index (κ1) is 13.3. The lowest BCUT2D eigenvalue weighted by atomic mass is 9.98. The van der Waals surface area contributed by atoms with Gasteiger partial charge in [0, 0.05) is 18.7 Å². The first-order chi connectivity index (χ1) is 8.93. The van der Waals surface area contributed by atoms with Crippen molar-refractivity contribution in [2.24, 2.45) is 7.05 Å². The van der Waals surface area contributed by atoms with E-state index < -0.39 is 0 Å². The quantitative estimate of drug-likeness (QED) is 0.890. The summed E-state index contributed by atoms with van der Waals surface area (Å²) in [5.41, 5.74) is 8.13. The van der Waals surface area contributed by atoms with Crippen molar-refractivity contribution in [3.8, 4) is 22.8 Å². The van der Waals surface area contributed by atoms with Gasteiger partial charge in [-0.2, -0.15) is 5.10 Å². The number of nitrogens with two attached hydrogens (primary N) is 1. The molecule has 0 bridgehead atoms. The molecule has 0 unspecified atom stereocenters. The molecule has 0 spiro atoms. The number of nitrogen functional groups attached to an aromatic ring is 1. The third kappa shape index (κ3) is 2.36. The van der Waals surface area contributed by atoms with E-state index in [1.54, 1.807) is 17.8 Å². The molecular weight excluding hydrogens is 242 g/mol. The molecule has 0 fully saturated rings. The molecule has 2 aromatic rings. The molecule has 3 N–H and O–H groups in total. The van der Waals surface area contributed by atoms with Crippen LogP contribution in [-0.2, 0) is 7.05 Å². The second kappa shape index (κ2) is 4.84. The van der Waals surface area contributed by atoms with E-state index in [-0.39, 0.29) is 5.75 Å². The van der Waals surface area contributed by atoms with Crippen molar-refractivity contribution in [3.63, 3.8) is 0 Å². The third-order valence-electron chi connectivity index (χ3n) is 3.18. The highest BCUT2D eigenvalue weighted by Gasteiger charge is 2.16. The summed E-state index contributed by atoms with van der Waals surface area (Å²) >= 11 is 0. The van der Waals surface area contributed by atoms with Gasteiger partial charge in [-0.15, -0.1) is 0 Å². The lowest BCUT2D eigenvalue weighted by molar-refractivity contribution is 0.373. The van der Waals surface area contributed by atoms with E-state index in [1.807, 2.05) is 12.1 Å². The summed E-state index contributed by atoms with van der Waals surface area (Å²) in [6.45, 7) is 4.17. The third-order valence-corrected chi connectivity index (χ3v) is 3.18. The van der Waals surface area contributed by atoms with Crippen LogP contribution in [0.25, 0.3) is 11.3 Å². The number of benzene rings is 1. The summed E-state index contributed by atoms with van der Waals surface area (Å²) in [5.74, 6) is 1.41. The van der Waals surface area contributed by atoms with Crippen LogP contribution >= 0.6 is 0 Å². The second-order valence-corrected chi connectivity index (χ2v) is 4.85. The predicted octanol–water partition coefficient (Wildman–Crippen LogP) is 2.51. The fourth-order valence-corrected chi connectivity index (χ4v) is 1.93. The number of hydrogen-bond acceptors (Lipinski definition) is 4. The molecule has 5 nitrogen and oxygen atoms in total. The number of methoxy groups -OCH3 is 1. The van der Waals surface area contributed by atoms with Gasteiger partial charge in [0.2, 0.25) is 0 Å². The fraction of sp³-hybridized carbons (Fsp3) is 0.357. The Balaban J connectivity index is 2.64. The largest absolute Gasteiger partial charge is 0.504 e. The molecule has 5 heteroatoms. The minimum absolute atomic E-state index is 0.0880. The Labute approximate surface area is 112 Å². The van der Waals surface area contributed by atoms with Gasteiger partial charge in [-0.1, -0.05) is 13.8 Å². The Morgan fingerprint density at radius 1 is 1.32 bits per heavy atom. The van der Waals surface area contributed by atoms with Gasteiger partial charge in [-0.05, 0) is 23.6 Å². The minimum Gasteiger partial charge on any atom is -0.504 e. The zero-order valence-corrected chi connectivity index (χ0v) is 11.6. The van der Waals surface area contributed by atoms with E-state index >= 15 is 0 Å². The molecule has 0 aliphatic carbocycles. The van der Waals surface area contributed by atoms with Crippen molar-refractivity contribution in [2.75, 3.05) is 12.8 Å². The zero-order valence-electron chi connectivity index (χ0n) is 11.6. The SMILES string of the molecule is COc1cc(C(C)C)cc(-c2cc(N)n(C)n2)c1O. The Kier molecular flexibility index (Phi) is 3.38. The number of aromatic nitrogens is 2. The number of phenolic OH excluding ortho intramolecular Hbond substituents is 1. The van der Waals surface area contributed by atoms with Gasteiger partial charge in [0.15, 0.2) is 11.5 Å². The van der Waals surface area contributed by atoms with Gasteiger partial charge in [-0.3, -0.25) is 4.68 Å². The molecule has 102 valence electrons. The summed E-state index contributed by atoms with van der Waals surface area (Å²) in [7, 11) is 3.30. The standard InChI is InChI=1S/C14H19N3O2/c1-8(2)9-5-10(14(18)12(6-9)19-4)11-7-13(15)17(3)16-11/h5-8,18H,15H2,1-4H3. The van der Waals surface area contributed by atoms with E-state index in [1.165, 1.54) is 7.11 Å². The van der Waals surface area contributed by atoms with Crippen LogP contribution < -0.4 is 10.5 Å². The van der Waals surface area contributed by atoms with Gasteiger partial charge < -0.3 is 15.6 Å². The van der Waals surface area contributed by atoms with Gasteiger partial charge in [0.1, 0.15) is 5.82 Å². The molecule has 0 aliphatic heterocycles. The topological polar surface area (TPSA) is 73.3 Å². The van der Waals surface area contributed by atoms with Gasteiger partial charge in [-0.25, -0.2) is 0 Å². The Morgan fingerprint density at radius 2 is 2.00 bits per heavy atom. The molecule has 0 radical (unpaired) electrons. The Hall–Kier alpha value is -2.17. The number of nitrogens with zero attached hydrogens (tertiary/aromatic N) is 2. The molecule has 19 heavy (non-hydrogen) atoms. The van der Waals surface area contributed by atoms with Crippen molar-refractivity contribution >= 4 is 5.82 Å². The normalized spacial score (nSPS) is 11.0. The average Bonchev–Trinajstić information content (AvgIpc) is 2.69. The van der Waals surface area contributed by atoms with Crippen LogP contribution in [0.3, 0.4) is 0 Å². The second-order valence-electron chi connectivity index (χ2n) is 4.85. The van der Waals surface area contributed by atoms with Crippen molar-refractivity contribution in [1.82, 2.24) is 9.78 Å². The summed E-state index contributed by atoms with van der Waals surface area (Å²) in [4.78, 5) is 0. The fourth-order valence-electron chi connectivity index (χ4n) is 1.93. The highest BCUT2D eigenvalue weighted by molar-refractivity contribution is 5.73. The first-order valence-corrected chi connectivity index (χ1v) is 6.14. The van der Waals surface area contributed by atoms with Crippen molar-refractivity contribution in [3.05, 3.63) is 23.8 Å². The maximum atomic E-state index is 10.2. The van der Waals surface area contributed by atoms with E-state index in [2.05, 4.69) is 18.9 Å². The number of anilines is 1. The molecular formula is C14H19N3O2. The number of phenols is 1. The predicted molar refractivity (Wildman–Crippen MR) is 75.4 cm³/mol. The molecule has 0 atom stereocenters. The smallest absolute Gasteiger partial charge is 0.167 e. The van der Waals surface area contributed by atoms with E-state index in [0.717, 1.165) is 5.56 Å². The minimum atomic E-state index is 0.0880. The molecule has 2 rings (SSSR count). The van der Waals surface area contributed by atoms with Crippen LogP contribution in [0.4, 0.5) is 5.82 Å². The number of aryl methyl sites for hydroxylation is 1. The zero-order chi connectivity index (χ0) is 14.2. The van der Waals surface area contributed by atoms with E-state index in [0.29, 0.717) is 28.7 Å². The number of rotatable bonds is 3. The summed E-state index contributed by atoms with van der Waals surface area (Å²) < 4.78 is 6.79. The summed E-state index contributed by atoms with van der Waals surface area (Å²) in [6, 6.07) is 5.50. The summed E-state index contributed by atoms with van der Waals surface area (Å²) in [5, 5.41) is 14.5. The maximum Gasteiger partial charge on any atom is 0.167 e. The molecule has 0 saturated carbocycles. The molecule has 0 amide bonds. The van der Waals surface area contributed by atoms with E-state index in [9.17, 15) is 5.11 Å². The highest BCUT2D eigenvalue weighted by atomic mass is 16.5. The Morgan fingerprint density at radius 3 is 2.47 bits per heavy atom. The summed E-state index contributed by atoms with van der Waals surface area (Å²) in [6.07, 6.45) is 0.